The summed E-state index contributed by atoms with van der Waals surface area (Å²) in [5.41, 5.74) is 2.34. The van der Waals surface area contributed by atoms with Crippen LogP contribution in [0.15, 0.2) is 48.7 Å². The molecule has 1 aromatic carbocycles. The van der Waals surface area contributed by atoms with Crippen LogP contribution in [0.2, 0.25) is 0 Å². The van der Waals surface area contributed by atoms with E-state index in [1.165, 1.54) is 13.3 Å². The van der Waals surface area contributed by atoms with Crippen LogP contribution in [0.5, 0.6) is 5.88 Å². The third-order valence-electron chi connectivity index (χ3n) is 5.78. The zero-order chi connectivity index (χ0) is 23.2. The van der Waals surface area contributed by atoms with Gasteiger partial charge in [0.2, 0.25) is 5.88 Å². The van der Waals surface area contributed by atoms with Gasteiger partial charge >= 0.3 is 6.09 Å². The lowest BCUT2D eigenvalue weighted by atomic mass is 10.1. The van der Waals surface area contributed by atoms with E-state index in [1.54, 1.807) is 12.1 Å². The van der Waals surface area contributed by atoms with Crippen molar-refractivity contribution in [3.8, 4) is 5.88 Å². The number of amides is 1. The SMILES string of the molecule is COc1ccc2ncc(F)c(CCN3C[C@H](CNC(=O)OCc4ccccc4)[C@@H](F)C3)c2n1. The summed E-state index contributed by atoms with van der Waals surface area (Å²) in [6, 6.07) is 12.7. The molecule has 0 bridgehead atoms. The van der Waals surface area contributed by atoms with Crippen molar-refractivity contribution in [2.24, 2.45) is 5.92 Å². The van der Waals surface area contributed by atoms with E-state index in [1.807, 2.05) is 35.2 Å². The summed E-state index contributed by atoms with van der Waals surface area (Å²) in [6.45, 7) is 1.49. The van der Waals surface area contributed by atoms with Gasteiger partial charge in [0.05, 0.1) is 24.3 Å². The molecule has 2 aromatic heterocycles. The van der Waals surface area contributed by atoms with Crippen molar-refractivity contribution >= 4 is 17.1 Å². The molecule has 9 heteroatoms. The highest BCUT2D eigenvalue weighted by atomic mass is 19.1. The van der Waals surface area contributed by atoms with E-state index in [9.17, 15) is 13.6 Å². The Morgan fingerprint density at radius 1 is 1.21 bits per heavy atom. The molecule has 0 unspecified atom stereocenters. The summed E-state index contributed by atoms with van der Waals surface area (Å²) < 4.78 is 39.4. The first kappa shape index (κ1) is 22.8. The topological polar surface area (TPSA) is 76.6 Å². The summed E-state index contributed by atoms with van der Waals surface area (Å²) in [4.78, 5) is 22.3. The van der Waals surface area contributed by atoms with Crippen molar-refractivity contribution in [2.45, 2.75) is 19.2 Å². The van der Waals surface area contributed by atoms with E-state index in [4.69, 9.17) is 9.47 Å². The molecule has 0 aliphatic carbocycles. The van der Waals surface area contributed by atoms with Crippen molar-refractivity contribution in [1.82, 2.24) is 20.2 Å². The number of alkyl carbamates (subject to hydrolysis) is 1. The molecule has 1 aliphatic rings. The molecule has 7 nitrogen and oxygen atoms in total. The first-order valence-corrected chi connectivity index (χ1v) is 10.8. The minimum absolute atomic E-state index is 0.160. The number of carbonyl (C=O) groups is 1. The van der Waals surface area contributed by atoms with E-state index >= 15 is 0 Å². The quantitative estimate of drug-likeness (QED) is 0.559. The number of likely N-dealkylation sites (tertiary alicyclic amines) is 1. The molecule has 1 aliphatic heterocycles. The van der Waals surface area contributed by atoms with Crippen LogP contribution in [-0.2, 0) is 17.8 Å². The molecule has 174 valence electrons. The number of nitrogens with one attached hydrogen (secondary N) is 1. The second-order valence-corrected chi connectivity index (χ2v) is 8.03. The average Bonchev–Trinajstić information content (AvgIpc) is 3.20. The Hall–Kier alpha value is -3.33. The average molecular weight is 456 g/mol. The number of aromatic nitrogens is 2. The highest BCUT2D eigenvalue weighted by molar-refractivity contribution is 5.78. The van der Waals surface area contributed by atoms with Gasteiger partial charge in [0.15, 0.2) is 0 Å². The van der Waals surface area contributed by atoms with Gasteiger partial charge in [-0.1, -0.05) is 30.3 Å². The Morgan fingerprint density at radius 2 is 2.03 bits per heavy atom. The van der Waals surface area contributed by atoms with Gasteiger partial charge in [-0.05, 0) is 18.1 Å². The minimum Gasteiger partial charge on any atom is -0.481 e. The molecular weight excluding hydrogens is 430 g/mol. The van der Waals surface area contributed by atoms with Gasteiger partial charge in [-0.3, -0.25) is 9.88 Å². The molecule has 1 amide bonds. The molecule has 1 saturated heterocycles. The second-order valence-electron chi connectivity index (χ2n) is 8.03. The first-order valence-electron chi connectivity index (χ1n) is 10.8. The molecule has 0 saturated carbocycles. The maximum absolute atomic E-state index is 14.5. The number of hydrogen-bond donors (Lipinski definition) is 1. The monoisotopic (exact) mass is 456 g/mol. The van der Waals surface area contributed by atoms with Crippen molar-refractivity contribution in [2.75, 3.05) is 33.3 Å². The van der Waals surface area contributed by atoms with Gasteiger partial charge in [-0.2, -0.15) is 0 Å². The summed E-state index contributed by atoms with van der Waals surface area (Å²) in [5, 5.41) is 2.65. The summed E-state index contributed by atoms with van der Waals surface area (Å²) in [6.07, 6.45) is -0.120. The van der Waals surface area contributed by atoms with E-state index in [0.717, 1.165) is 5.56 Å². The highest BCUT2D eigenvalue weighted by Crippen LogP contribution is 2.24. The predicted octanol–water partition coefficient (Wildman–Crippen LogP) is 3.52. The third kappa shape index (κ3) is 5.73. The Morgan fingerprint density at radius 3 is 2.82 bits per heavy atom. The van der Waals surface area contributed by atoms with Crippen LogP contribution in [0.4, 0.5) is 13.6 Å². The smallest absolute Gasteiger partial charge is 0.407 e. The summed E-state index contributed by atoms with van der Waals surface area (Å²) >= 11 is 0. The van der Waals surface area contributed by atoms with E-state index in [-0.39, 0.29) is 25.6 Å². The van der Waals surface area contributed by atoms with E-state index in [0.29, 0.717) is 42.0 Å². The van der Waals surface area contributed by atoms with Gasteiger partial charge < -0.3 is 14.8 Å². The van der Waals surface area contributed by atoms with E-state index in [2.05, 4.69) is 15.3 Å². The number of nitrogens with zero attached hydrogens (tertiary/aromatic N) is 3. The molecular formula is C24H26F2N4O3. The van der Waals surface area contributed by atoms with Crippen molar-refractivity contribution in [3.63, 3.8) is 0 Å². The van der Waals surface area contributed by atoms with Gasteiger partial charge in [0.25, 0.3) is 0 Å². The number of ether oxygens (including phenoxy) is 2. The normalized spacial score (nSPS) is 18.4. The van der Waals surface area contributed by atoms with Gasteiger partial charge in [0, 0.05) is 43.7 Å². The molecule has 2 atom stereocenters. The van der Waals surface area contributed by atoms with Gasteiger partial charge in [-0.25, -0.2) is 18.6 Å². The number of methoxy groups -OCH3 is 1. The Bertz CT molecular complexity index is 1100. The van der Waals surface area contributed by atoms with Gasteiger partial charge in [0.1, 0.15) is 18.6 Å². The number of alkyl halides is 1. The van der Waals surface area contributed by atoms with Crippen LogP contribution < -0.4 is 10.1 Å². The standard InChI is InChI=1S/C24H26F2N4O3/c1-32-22-8-7-21-23(29-22)18(19(25)12-27-21)9-10-30-13-17(20(26)14-30)11-28-24(31)33-15-16-5-3-2-4-6-16/h2-8,12,17,20H,9-11,13-15H2,1H3,(H,28,31)/t17-,20-/m0/s1. The minimum atomic E-state index is -1.09. The number of fused-ring (bicyclic) bond motifs is 1. The molecule has 33 heavy (non-hydrogen) atoms. The molecule has 1 fully saturated rings. The Kier molecular flexibility index (Phi) is 7.29. The van der Waals surface area contributed by atoms with Gasteiger partial charge in [-0.15, -0.1) is 0 Å². The molecule has 4 rings (SSSR count). The largest absolute Gasteiger partial charge is 0.481 e. The van der Waals surface area contributed by atoms with E-state index < -0.39 is 18.1 Å². The van der Waals surface area contributed by atoms with Crippen LogP contribution in [0.1, 0.15) is 11.1 Å². The fourth-order valence-electron chi connectivity index (χ4n) is 3.98. The maximum atomic E-state index is 14.5. The van der Waals surface area contributed by atoms with Crippen LogP contribution in [-0.4, -0.2) is 60.4 Å². The number of carbonyl (C=O) groups excluding carboxylic acids is 1. The fraction of sp³-hybridized carbons (Fsp3) is 0.375. The number of halogens is 2. The number of rotatable bonds is 8. The number of benzene rings is 1. The summed E-state index contributed by atoms with van der Waals surface area (Å²) in [5.74, 6) is -0.420. The lowest BCUT2D eigenvalue weighted by Crippen LogP contribution is -2.33. The first-order chi connectivity index (χ1) is 16.0. The van der Waals surface area contributed by atoms with Crippen molar-refractivity contribution < 1.29 is 23.0 Å². The number of pyridine rings is 2. The zero-order valence-electron chi connectivity index (χ0n) is 18.3. The van der Waals surface area contributed by atoms with Crippen molar-refractivity contribution in [3.05, 3.63) is 65.6 Å². The molecule has 1 N–H and O–H groups in total. The molecule has 3 aromatic rings. The number of hydrogen-bond acceptors (Lipinski definition) is 6. The predicted molar refractivity (Wildman–Crippen MR) is 119 cm³/mol. The lowest BCUT2D eigenvalue weighted by Gasteiger charge is -2.16. The van der Waals surface area contributed by atoms with Crippen LogP contribution in [0.25, 0.3) is 11.0 Å². The fourth-order valence-corrected chi connectivity index (χ4v) is 3.98. The zero-order valence-corrected chi connectivity index (χ0v) is 18.3. The van der Waals surface area contributed by atoms with Crippen LogP contribution in [0.3, 0.4) is 0 Å². The maximum Gasteiger partial charge on any atom is 0.407 e. The lowest BCUT2D eigenvalue weighted by molar-refractivity contribution is 0.136. The van der Waals surface area contributed by atoms with Crippen molar-refractivity contribution in [1.29, 1.82) is 0 Å². The Labute approximate surface area is 190 Å². The highest BCUT2D eigenvalue weighted by Gasteiger charge is 2.33. The van der Waals surface area contributed by atoms with Crippen LogP contribution in [0, 0.1) is 11.7 Å². The second kappa shape index (κ2) is 10.5. The van der Waals surface area contributed by atoms with Crippen LogP contribution >= 0.6 is 0 Å². The third-order valence-corrected chi connectivity index (χ3v) is 5.78. The summed E-state index contributed by atoms with van der Waals surface area (Å²) in [7, 11) is 1.50. The molecule has 0 radical (unpaired) electrons. The molecule has 0 spiro atoms. The Balaban J connectivity index is 1.29. The molecule has 3 heterocycles.